The third-order valence-electron chi connectivity index (χ3n) is 4.51. The van der Waals surface area contributed by atoms with Gasteiger partial charge in [0, 0.05) is 32.3 Å². The molecule has 0 aliphatic heterocycles. The van der Waals surface area contributed by atoms with Crippen LogP contribution in [0, 0.1) is 11.6 Å². The minimum absolute atomic E-state index is 0.154. The molecular weight excluding hydrogens is 405 g/mol. The number of hydrogen-bond donors (Lipinski definition) is 2. The first-order chi connectivity index (χ1) is 13.3. The molecule has 0 heterocycles. The summed E-state index contributed by atoms with van der Waals surface area (Å²) in [4.78, 5) is 0. The molecule has 0 atom stereocenters. The molecule has 0 radical (unpaired) electrons. The first-order valence-electron chi connectivity index (χ1n) is 8.24. The zero-order valence-corrected chi connectivity index (χ0v) is 15.7. The topological polar surface area (TPSA) is 40.5 Å². The van der Waals surface area contributed by atoms with Crippen LogP contribution in [0.1, 0.15) is 0 Å². The van der Waals surface area contributed by atoms with Crippen LogP contribution in [-0.4, -0.2) is 10.2 Å². The lowest BCUT2D eigenvalue weighted by molar-refractivity contribution is 0.476. The number of halogens is 4. The Balaban J connectivity index is 1.94. The summed E-state index contributed by atoms with van der Waals surface area (Å²) in [5, 5.41) is 22.3. The maximum Gasteiger partial charge on any atom is 0.132 e. The van der Waals surface area contributed by atoms with Gasteiger partial charge in [-0.1, -0.05) is 23.2 Å². The highest BCUT2D eigenvalue weighted by atomic mass is 35.5. The van der Waals surface area contributed by atoms with Crippen LogP contribution in [0.4, 0.5) is 8.78 Å². The third-order valence-corrected chi connectivity index (χ3v) is 4.98. The molecule has 0 fully saturated rings. The number of phenols is 2. The Labute approximate surface area is 169 Å². The molecule has 4 aromatic carbocycles. The van der Waals surface area contributed by atoms with Gasteiger partial charge in [0.1, 0.15) is 23.1 Å². The smallest absolute Gasteiger partial charge is 0.132 e. The molecule has 0 bridgehead atoms. The zero-order chi connectivity index (χ0) is 20.0. The minimum atomic E-state index is -0.579. The van der Waals surface area contributed by atoms with Gasteiger partial charge in [0.25, 0.3) is 0 Å². The lowest BCUT2D eigenvalue weighted by Gasteiger charge is -2.12. The Morgan fingerprint density at radius 1 is 0.536 bits per heavy atom. The van der Waals surface area contributed by atoms with Gasteiger partial charge >= 0.3 is 0 Å². The van der Waals surface area contributed by atoms with Crippen molar-refractivity contribution in [2.45, 2.75) is 0 Å². The molecule has 0 spiro atoms. The average Bonchev–Trinajstić information content (AvgIpc) is 2.62. The predicted molar refractivity (Wildman–Crippen MR) is 108 cm³/mol. The molecule has 4 rings (SSSR count). The highest BCUT2D eigenvalue weighted by molar-refractivity contribution is 6.31. The van der Waals surface area contributed by atoms with Crippen LogP contribution in [0.2, 0.25) is 10.0 Å². The molecule has 2 nitrogen and oxygen atoms in total. The largest absolute Gasteiger partial charge is 0.507 e. The van der Waals surface area contributed by atoms with Gasteiger partial charge in [0.05, 0.1) is 0 Å². The summed E-state index contributed by atoms with van der Waals surface area (Å²) in [5.41, 5.74) is 0.872. The summed E-state index contributed by atoms with van der Waals surface area (Å²) in [6, 6.07) is 14.3. The minimum Gasteiger partial charge on any atom is -0.507 e. The molecule has 0 aliphatic rings. The quantitative estimate of drug-likeness (QED) is 0.363. The van der Waals surface area contributed by atoms with E-state index in [0.29, 0.717) is 10.8 Å². The normalized spacial score (nSPS) is 11.1. The Morgan fingerprint density at radius 3 is 1.32 bits per heavy atom. The standard InChI is InChI=1S/C22H12Cl2F2O2/c23-13-1-3-15(19(25)9-13)17-5-11-6-18(16-4-2-14(24)10-20(16)26)22(28)8-12(11)7-21(17)27/h1-10,27-28H. The van der Waals surface area contributed by atoms with Crippen LogP contribution in [0.3, 0.4) is 0 Å². The molecule has 2 N–H and O–H groups in total. The van der Waals surface area contributed by atoms with Crippen molar-refractivity contribution in [3.8, 4) is 33.8 Å². The Hall–Kier alpha value is -2.82. The van der Waals surface area contributed by atoms with Gasteiger partial charge in [-0.15, -0.1) is 0 Å². The fourth-order valence-corrected chi connectivity index (χ4v) is 3.49. The lowest BCUT2D eigenvalue weighted by Crippen LogP contribution is -1.89. The molecule has 140 valence electrons. The van der Waals surface area contributed by atoms with E-state index in [-0.39, 0.29) is 43.8 Å². The van der Waals surface area contributed by atoms with Gasteiger partial charge in [-0.2, -0.15) is 0 Å². The predicted octanol–water partition coefficient (Wildman–Crippen LogP) is 7.17. The first-order valence-corrected chi connectivity index (χ1v) is 8.99. The molecule has 4 aromatic rings. The fraction of sp³-hybridized carbons (Fsp3) is 0. The number of benzene rings is 4. The highest BCUT2D eigenvalue weighted by Gasteiger charge is 2.15. The van der Waals surface area contributed by atoms with E-state index in [9.17, 15) is 19.0 Å². The van der Waals surface area contributed by atoms with Crippen molar-refractivity contribution in [3.63, 3.8) is 0 Å². The zero-order valence-electron chi connectivity index (χ0n) is 14.2. The molecule has 28 heavy (non-hydrogen) atoms. The number of rotatable bonds is 2. The van der Waals surface area contributed by atoms with Crippen molar-refractivity contribution in [2.75, 3.05) is 0 Å². The van der Waals surface area contributed by atoms with Gasteiger partial charge in [0.2, 0.25) is 0 Å². The van der Waals surface area contributed by atoms with Crippen molar-refractivity contribution >= 4 is 34.0 Å². The van der Waals surface area contributed by atoms with E-state index in [1.54, 1.807) is 12.1 Å². The van der Waals surface area contributed by atoms with E-state index in [0.717, 1.165) is 12.1 Å². The van der Waals surface area contributed by atoms with Gasteiger partial charge in [-0.05, 0) is 71.4 Å². The second-order valence-corrected chi connectivity index (χ2v) is 7.21. The van der Waals surface area contributed by atoms with Gasteiger partial charge < -0.3 is 10.2 Å². The first kappa shape index (κ1) is 18.5. The molecule has 0 saturated heterocycles. The SMILES string of the molecule is Oc1cc2cc(O)c(-c3ccc(Cl)cc3F)cc2cc1-c1ccc(Cl)cc1F. The highest BCUT2D eigenvalue weighted by Crippen LogP contribution is 2.40. The molecule has 0 aliphatic carbocycles. The van der Waals surface area contributed by atoms with E-state index < -0.39 is 11.6 Å². The van der Waals surface area contributed by atoms with Crippen LogP contribution >= 0.6 is 23.2 Å². The summed E-state index contributed by atoms with van der Waals surface area (Å²) < 4.78 is 28.6. The second-order valence-electron chi connectivity index (χ2n) is 6.33. The van der Waals surface area contributed by atoms with Crippen LogP contribution in [0.15, 0.2) is 60.7 Å². The molecular formula is C22H12Cl2F2O2. The molecule has 0 unspecified atom stereocenters. The Morgan fingerprint density at radius 2 is 0.929 bits per heavy atom. The van der Waals surface area contributed by atoms with Crippen LogP contribution in [0.25, 0.3) is 33.0 Å². The fourth-order valence-electron chi connectivity index (χ4n) is 3.17. The Bertz CT molecular complexity index is 1150. The monoisotopic (exact) mass is 416 g/mol. The third kappa shape index (κ3) is 3.26. The van der Waals surface area contributed by atoms with Crippen molar-refractivity contribution in [1.29, 1.82) is 0 Å². The number of hydrogen-bond acceptors (Lipinski definition) is 2. The van der Waals surface area contributed by atoms with Crippen LogP contribution in [-0.2, 0) is 0 Å². The van der Waals surface area contributed by atoms with E-state index in [4.69, 9.17) is 23.2 Å². The lowest BCUT2D eigenvalue weighted by atomic mass is 9.95. The van der Waals surface area contributed by atoms with E-state index in [1.165, 1.54) is 36.4 Å². The molecule has 6 heteroatoms. The number of aromatic hydroxyl groups is 2. The van der Waals surface area contributed by atoms with Crippen molar-refractivity contribution in [3.05, 3.63) is 82.3 Å². The van der Waals surface area contributed by atoms with Crippen molar-refractivity contribution in [1.82, 2.24) is 0 Å². The molecule has 0 saturated carbocycles. The maximum atomic E-state index is 14.3. The van der Waals surface area contributed by atoms with Gasteiger partial charge in [-0.3, -0.25) is 0 Å². The Kier molecular flexibility index (Phi) is 4.61. The maximum absolute atomic E-state index is 14.3. The number of fused-ring (bicyclic) bond motifs is 1. The van der Waals surface area contributed by atoms with Crippen LogP contribution in [0.5, 0.6) is 11.5 Å². The van der Waals surface area contributed by atoms with Crippen molar-refractivity contribution in [2.24, 2.45) is 0 Å². The molecule has 0 aromatic heterocycles. The summed E-state index contributed by atoms with van der Waals surface area (Å²) in [7, 11) is 0. The average molecular weight is 417 g/mol. The van der Waals surface area contributed by atoms with E-state index >= 15 is 0 Å². The van der Waals surface area contributed by atoms with Crippen molar-refractivity contribution < 1.29 is 19.0 Å². The van der Waals surface area contributed by atoms with Gasteiger partial charge in [0.15, 0.2) is 0 Å². The second kappa shape index (κ2) is 6.97. The van der Waals surface area contributed by atoms with Crippen LogP contribution < -0.4 is 0 Å². The summed E-state index contributed by atoms with van der Waals surface area (Å²) in [6.45, 7) is 0. The molecule has 0 amide bonds. The summed E-state index contributed by atoms with van der Waals surface area (Å²) in [6.07, 6.45) is 0. The summed E-state index contributed by atoms with van der Waals surface area (Å²) >= 11 is 11.6. The van der Waals surface area contributed by atoms with E-state index in [1.807, 2.05) is 0 Å². The van der Waals surface area contributed by atoms with Gasteiger partial charge in [-0.25, -0.2) is 8.78 Å². The number of phenolic OH excluding ortho intramolecular Hbond substituents is 2. The summed E-state index contributed by atoms with van der Waals surface area (Å²) in [5.74, 6) is -1.47. The van der Waals surface area contributed by atoms with E-state index in [2.05, 4.69) is 0 Å².